The summed E-state index contributed by atoms with van der Waals surface area (Å²) in [7, 11) is 4.42. The van der Waals surface area contributed by atoms with Gasteiger partial charge in [0.1, 0.15) is 0 Å². The number of hydrogen-bond donors (Lipinski definition) is 1. The first kappa shape index (κ1) is 29.1. The van der Waals surface area contributed by atoms with Crippen molar-refractivity contribution in [1.29, 1.82) is 0 Å². The lowest BCUT2D eigenvalue weighted by atomic mass is 9.86. The van der Waals surface area contributed by atoms with Crippen LogP contribution in [0.1, 0.15) is 40.0 Å². The quantitative estimate of drug-likeness (QED) is 0.146. The zero-order valence-electron chi connectivity index (χ0n) is 23.8. The molecule has 1 aromatic heterocycles. The molecule has 1 N–H and O–H groups in total. The number of ether oxygens (including phenoxy) is 4. The van der Waals surface area contributed by atoms with Crippen molar-refractivity contribution in [3.8, 4) is 17.2 Å². The third kappa shape index (κ3) is 6.10. The van der Waals surface area contributed by atoms with Gasteiger partial charge < -0.3 is 24.3 Å². The van der Waals surface area contributed by atoms with Gasteiger partial charge in [-0.25, -0.2) is 9.78 Å². The van der Waals surface area contributed by atoms with Gasteiger partial charge in [-0.15, -0.1) is 0 Å². The second-order valence-electron chi connectivity index (χ2n) is 9.74. The molecule has 1 amide bonds. The molecule has 0 bridgehead atoms. The number of non-ortho nitro benzene ring substituents is 1. The summed E-state index contributed by atoms with van der Waals surface area (Å²) in [4.78, 5) is 41.9. The fourth-order valence-electron chi connectivity index (χ4n) is 5.16. The number of para-hydroxylation sites is 1. The third-order valence-electron chi connectivity index (χ3n) is 7.10. The number of fused-ring (bicyclic) bond motifs is 2. The SMILES string of the molecule is COc1cc(NC(=O)COC(=O)c2c3c(nc4ccccc24)/C(=C/c2ccc([N+](=O)[O-])cc2)CCC3)cc(OC)c1OC. The van der Waals surface area contributed by atoms with Crippen LogP contribution in [-0.4, -0.2) is 49.7 Å². The Bertz CT molecular complexity index is 1720. The van der Waals surface area contributed by atoms with Crippen LogP contribution < -0.4 is 19.5 Å². The monoisotopic (exact) mass is 583 g/mol. The number of aromatic nitrogens is 1. The van der Waals surface area contributed by atoms with Crippen molar-refractivity contribution in [2.45, 2.75) is 19.3 Å². The lowest BCUT2D eigenvalue weighted by molar-refractivity contribution is -0.384. The van der Waals surface area contributed by atoms with E-state index in [9.17, 15) is 19.7 Å². The molecule has 220 valence electrons. The molecule has 11 nitrogen and oxygen atoms in total. The molecule has 0 aliphatic heterocycles. The Morgan fingerprint density at radius 1 is 0.977 bits per heavy atom. The maximum absolute atomic E-state index is 13.6. The molecule has 1 heterocycles. The number of benzene rings is 3. The van der Waals surface area contributed by atoms with Gasteiger partial charge in [0.05, 0.1) is 43.0 Å². The predicted molar refractivity (Wildman–Crippen MR) is 161 cm³/mol. The summed E-state index contributed by atoms with van der Waals surface area (Å²) >= 11 is 0. The van der Waals surface area contributed by atoms with Gasteiger partial charge in [0.15, 0.2) is 18.1 Å². The van der Waals surface area contributed by atoms with Gasteiger partial charge in [-0.05, 0) is 60.2 Å². The van der Waals surface area contributed by atoms with Crippen LogP contribution in [0.5, 0.6) is 17.2 Å². The molecule has 3 aromatic carbocycles. The predicted octanol–water partition coefficient (Wildman–Crippen LogP) is 5.84. The van der Waals surface area contributed by atoms with Crippen molar-refractivity contribution in [2.75, 3.05) is 33.3 Å². The molecule has 0 saturated heterocycles. The fourth-order valence-corrected chi connectivity index (χ4v) is 5.16. The van der Waals surface area contributed by atoms with Gasteiger partial charge in [-0.2, -0.15) is 0 Å². The summed E-state index contributed by atoms with van der Waals surface area (Å²) in [5, 5.41) is 14.4. The third-order valence-corrected chi connectivity index (χ3v) is 7.10. The second-order valence-corrected chi connectivity index (χ2v) is 9.74. The number of pyridine rings is 1. The van der Waals surface area contributed by atoms with Gasteiger partial charge in [0.25, 0.3) is 11.6 Å². The molecule has 0 unspecified atom stereocenters. The summed E-state index contributed by atoms with van der Waals surface area (Å²) in [6, 6.07) is 16.7. The smallest absolute Gasteiger partial charge is 0.339 e. The Hall–Kier alpha value is -5.45. The minimum absolute atomic E-state index is 0.00893. The van der Waals surface area contributed by atoms with E-state index in [2.05, 4.69) is 5.32 Å². The zero-order chi connectivity index (χ0) is 30.5. The maximum Gasteiger partial charge on any atom is 0.339 e. The highest BCUT2D eigenvalue weighted by atomic mass is 16.6. The van der Waals surface area contributed by atoms with Crippen molar-refractivity contribution in [3.63, 3.8) is 0 Å². The van der Waals surface area contributed by atoms with Crippen molar-refractivity contribution in [3.05, 3.63) is 93.2 Å². The van der Waals surface area contributed by atoms with E-state index < -0.39 is 23.4 Å². The van der Waals surface area contributed by atoms with Crippen molar-refractivity contribution in [2.24, 2.45) is 0 Å². The number of carbonyl (C=O) groups is 2. The number of nitrogens with zero attached hydrogens (tertiary/aromatic N) is 2. The first-order valence-electron chi connectivity index (χ1n) is 13.5. The Morgan fingerprint density at radius 2 is 1.67 bits per heavy atom. The molecule has 43 heavy (non-hydrogen) atoms. The van der Waals surface area contributed by atoms with E-state index in [1.54, 1.807) is 24.3 Å². The van der Waals surface area contributed by atoms with Crippen molar-refractivity contribution < 1.29 is 33.5 Å². The maximum atomic E-state index is 13.6. The minimum atomic E-state index is -0.633. The summed E-state index contributed by atoms with van der Waals surface area (Å²) < 4.78 is 21.5. The summed E-state index contributed by atoms with van der Waals surface area (Å²) in [6.07, 6.45) is 4.03. The van der Waals surface area contributed by atoms with Crippen molar-refractivity contribution in [1.82, 2.24) is 4.98 Å². The molecule has 0 spiro atoms. The fraction of sp³-hybridized carbons (Fsp3) is 0.219. The molecule has 4 aromatic rings. The number of rotatable bonds is 9. The zero-order valence-corrected chi connectivity index (χ0v) is 23.8. The molecule has 1 aliphatic rings. The highest BCUT2D eigenvalue weighted by Crippen LogP contribution is 2.40. The lowest BCUT2D eigenvalue weighted by Gasteiger charge is -2.22. The number of nitro benzene ring substituents is 1. The van der Waals surface area contributed by atoms with E-state index in [4.69, 9.17) is 23.9 Å². The number of methoxy groups -OCH3 is 3. The Kier molecular flexibility index (Phi) is 8.51. The number of allylic oxidation sites excluding steroid dienone is 1. The molecule has 1 aliphatic carbocycles. The lowest BCUT2D eigenvalue weighted by Crippen LogP contribution is -2.22. The topological polar surface area (TPSA) is 139 Å². The molecule has 0 atom stereocenters. The largest absolute Gasteiger partial charge is 0.493 e. The average Bonchev–Trinajstić information content (AvgIpc) is 3.02. The van der Waals surface area contributed by atoms with Crippen LogP contribution in [0, 0.1) is 10.1 Å². The number of carbonyl (C=O) groups excluding carboxylic acids is 2. The molecule has 0 radical (unpaired) electrons. The van der Waals surface area contributed by atoms with Crippen LogP contribution in [0.25, 0.3) is 22.6 Å². The van der Waals surface area contributed by atoms with Crippen LogP contribution in [0.3, 0.4) is 0 Å². The van der Waals surface area contributed by atoms with Crippen LogP contribution in [-0.2, 0) is 16.0 Å². The number of nitrogens with one attached hydrogen (secondary N) is 1. The van der Waals surface area contributed by atoms with E-state index in [1.165, 1.54) is 33.5 Å². The first-order chi connectivity index (χ1) is 20.8. The summed E-state index contributed by atoms with van der Waals surface area (Å²) in [6.45, 7) is -0.521. The van der Waals surface area contributed by atoms with Gasteiger partial charge >= 0.3 is 5.97 Å². The number of nitro groups is 1. The van der Waals surface area contributed by atoms with E-state index >= 15 is 0 Å². The number of hydrogen-bond acceptors (Lipinski definition) is 9. The van der Waals surface area contributed by atoms with Crippen molar-refractivity contribution >= 4 is 45.8 Å². The standard InChI is InChI=1S/C32H29N3O8/c1-40-26-16-21(17-27(41-2)31(26)42-3)33-28(36)18-43-32(37)29-23-8-4-5-10-25(23)34-30-20(7-6-9-24(29)30)15-19-11-13-22(14-12-19)35(38)39/h4-5,8,10-17H,6-7,9,18H2,1-3H3,(H,33,36)/b20-15+. The Morgan fingerprint density at radius 3 is 2.33 bits per heavy atom. The molecular formula is C32H29N3O8. The number of amides is 1. The minimum Gasteiger partial charge on any atom is -0.493 e. The Balaban J connectivity index is 1.42. The Labute approximate surface area is 247 Å². The summed E-state index contributed by atoms with van der Waals surface area (Å²) in [5.41, 5.74) is 4.50. The average molecular weight is 584 g/mol. The van der Waals surface area contributed by atoms with E-state index in [1.807, 2.05) is 30.3 Å². The van der Waals surface area contributed by atoms with E-state index in [0.29, 0.717) is 51.5 Å². The van der Waals surface area contributed by atoms with E-state index in [0.717, 1.165) is 29.5 Å². The van der Waals surface area contributed by atoms with Crippen LogP contribution in [0.15, 0.2) is 60.7 Å². The first-order valence-corrected chi connectivity index (χ1v) is 13.5. The van der Waals surface area contributed by atoms with Crippen LogP contribution >= 0.6 is 0 Å². The molecular weight excluding hydrogens is 554 g/mol. The van der Waals surface area contributed by atoms with Gasteiger partial charge in [0.2, 0.25) is 5.75 Å². The van der Waals surface area contributed by atoms with E-state index in [-0.39, 0.29) is 5.69 Å². The normalized spacial score (nSPS) is 13.2. The van der Waals surface area contributed by atoms with Gasteiger partial charge in [0, 0.05) is 35.3 Å². The number of esters is 1. The van der Waals surface area contributed by atoms with Crippen LogP contribution in [0.2, 0.25) is 0 Å². The highest BCUT2D eigenvalue weighted by molar-refractivity contribution is 6.07. The second kappa shape index (κ2) is 12.6. The molecule has 0 saturated carbocycles. The summed E-state index contributed by atoms with van der Waals surface area (Å²) in [5.74, 6) is -0.0749. The molecule has 0 fully saturated rings. The van der Waals surface area contributed by atoms with Crippen LogP contribution in [0.4, 0.5) is 11.4 Å². The number of anilines is 1. The van der Waals surface area contributed by atoms with Gasteiger partial charge in [-0.3, -0.25) is 14.9 Å². The molecule has 5 rings (SSSR count). The molecule has 11 heteroatoms. The van der Waals surface area contributed by atoms with Gasteiger partial charge in [-0.1, -0.05) is 18.2 Å². The highest BCUT2D eigenvalue weighted by Gasteiger charge is 2.26.